The zero-order valence-electron chi connectivity index (χ0n) is 17.8. The van der Waals surface area contributed by atoms with Gasteiger partial charge in [0.2, 0.25) is 0 Å². The summed E-state index contributed by atoms with van der Waals surface area (Å²) in [6.07, 6.45) is 0. The highest BCUT2D eigenvalue weighted by Crippen LogP contribution is 2.41. The van der Waals surface area contributed by atoms with Gasteiger partial charge in [0.15, 0.2) is 0 Å². The van der Waals surface area contributed by atoms with Crippen LogP contribution in [-0.2, 0) is 10.3 Å². The highest BCUT2D eigenvalue weighted by Gasteiger charge is 2.24. The number of hydrogen-bond acceptors (Lipinski definition) is 2. The van der Waals surface area contributed by atoms with Crippen LogP contribution in [0.2, 0.25) is 0 Å². The molecular formula is C26H31NO. The molecule has 146 valence electrons. The Hall–Kier alpha value is -2.58. The van der Waals surface area contributed by atoms with E-state index in [0.29, 0.717) is 0 Å². The SMILES string of the molecule is CC(C)(C)ONc1c(-c2ccccc2)cc(-c2ccccc2)cc1C(C)(C)C. The largest absolute Gasteiger partial charge is 0.270 e. The van der Waals surface area contributed by atoms with E-state index in [-0.39, 0.29) is 11.0 Å². The van der Waals surface area contributed by atoms with Crippen molar-refractivity contribution in [2.75, 3.05) is 5.48 Å². The molecule has 0 bridgehead atoms. The van der Waals surface area contributed by atoms with Gasteiger partial charge in [0.1, 0.15) is 0 Å². The fraction of sp³-hybridized carbons (Fsp3) is 0.308. The van der Waals surface area contributed by atoms with Crippen LogP contribution in [0.25, 0.3) is 22.3 Å². The Morgan fingerprint density at radius 2 is 1.18 bits per heavy atom. The molecule has 0 heterocycles. The molecule has 0 saturated heterocycles. The van der Waals surface area contributed by atoms with Crippen LogP contribution in [0.15, 0.2) is 72.8 Å². The molecular weight excluding hydrogens is 342 g/mol. The average Bonchev–Trinajstić information content (AvgIpc) is 2.66. The Morgan fingerprint density at radius 3 is 1.68 bits per heavy atom. The average molecular weight is 374 g/mol. The number of nitrogens with one attached hydrogen (secondary N) is 1. The number of hydrogen-bond donors (Lipinski definition) is 1. The van der Waals surface area contributed by atoms with Crippen molar-refractivity contribution >= 4 is 5.69 Å². The minimum atomic E-state index is -0.290. The summed E-state index contributed by atoms with van der Waals surface area (Å²) in [5.74, 6) is 0. The summed E-state index contributed by atoms with van der Waals surface area (Å²) in [4.78, 5) is 6.01. The second-order valence-electron chi connectivity index (χ2n) is 9.24. The van der Waals surface area contributed by atoms with Crippen molar-refractivity contribution in [3.05, 3.63) is 78.4 Å². The minimum absolute atomic E-state index is 0.0438. The summed E-state index contributed by atoms with van der Waals surface area (Å²) in [6, 6.07) is 25.6. The van der Waals surface area contributed by atoms with Gasteiger partial charge in [-0.05, 0) is 60.6 Å². The third-order valence-electron chi connectivity index (χ3n) is 4.60. The molecule has 0 aliphatic rings. The standard InChI is InChI=1S/C26H31NO/c1-25(2,3)23-18-21(19-13-9-7-10-14-19)17-22(20-15-11-8-12-16-20)24(23)27-28-26(4,5)6/h7-18,27H,1-6H3. The molecule has 0 aliphatic carbocycles. The molecule has 3 rings (SSSR count). The maximum atomic E-state index is 6.01. The fourth-order valence-corrected chi connectivity index (χ4v) is 3.19. The Morgan fingerprint density at radius 1 is 0.643 bits per heavy atom. The summed E-state index contributed by atoms with van der Waals surface area (Å²) < 4.78 is 0. The molecule has 1 N–H and O–H groups in total. The quantitative estimate of drug-likeness (QED) is 0.479. The van der Waals surface area contributed by atoms with E-state index in [0.717, 1.165) is 11.3 Å². The van der Waals surface area contributed by atoms with Crippen LogP contribution in [-0.4, -0.2) is 5.60 Å². The number of benzene rings is 3. The van der Waals surface area contributed by atoms with Gasteiger partial charge in [-0.2, -0.15) is 0 Å². The Balaban J connectivity index is 2.26. The summed E-state index contributed by atoms with van der Waals surface area (Å²) in [7, 11) is 0. The van der Waals surface area contributed by atoms with Crippen LogP contribution in [0.3, 0.4) is 0 Å². The predicted octanol–water partition coefficient (Wildman–Crippen LogP) is 7.46. The van der Waals surface area contributed by atoms with Gasteiger partial charge in [0.05, 0.1) is 11.3 Å². The molecule has 0 radical (unpaired) electrons. The Kier molecular flexibility index (Phi) is 5.62. The molecule has 0 amide bonds. The molecule has 2 heteroatoms. The van der Waals surface area contributed by atoms with E-state index in [1.807, 2.05) is 6.07 Å². The summed E-state index contributed by atoms with van der Waals surface area (Å²) in [5.41, 5.74) is 9.99. The van der Waals surface area contributed by atoms with E-state index in [9.17, 15) is 0 Å². The van der Waals surface area contributed by atoms with Gasteiger partial charge in [-0.15, -0.1) is 0 Å². The highest BCUT2D eigenvalue weighted by molar-refractivity contribution is 5.85. The van der Waals surface area contributed by atoms with Crippen LogP contribution in [0.5, 0.6) is 0 Å². The third-order valence-corrected chi connectivity index (χ3v) is 4.60. The molecule has 3 aromatic carbocycles. The van der Waals surface area contributed by atoms with Gasteiger partial charge in [-0.25, -0.2) is 0 Å². The molecule has 0 saturated carbocycles. The van der Waals surface area contributed by atoms with Crippen molar-refractivity contribution in [1.82, 2.24) is 0 Å². The van der Waals surface area contributed by atoms with E-state index in [2.05, 4.69) is 114 Å². The van der Waals surface area contributed by atoms with Crippen molar-refractivity contribution in [1.29, 1.82) is 0 Å². The van der Waals surface area contributed by atoms with Gasteiger partial charge in [0.25, 0.3) is 0 Å². The first-order valence-electron chi connectivity index (χ1n) is 9.88. The van der Waals surface area contributed by atoms with Crippen molar-refractivity contribution in [2.24, 2.45) is 0 Å². The molecule has 0 aliphatic heterocycles. The second kappa shape index (κ2) is 7.81. The normalized spacial score (nSPS) is 12.1. The predicted molar refractivity (Wildman–Crippen MR) is 120 cm³/mol. The second-order valence-corrected chi connectivity index (χ2v) is 9.24. The molecule has 28 heavy (non-hydrogen) atoms. The van der Waals surface area contributed by atoms with Gasteiger partial charge < -0.3 is 0 Å². The molecule has 0 spiro atoms. The van der Waals surface area contributed by atoms with E-state index >= 15 is 0 Å². The van der Waals surface area contributed by atoms with Gasteiger partial charge in [-0.1, -0.05) is 81.4 Å². The fourth-order valence-electron chi connectivity index (χ4n) is 3.19. The maximum absolute atomic E-state index is 6.01. The first-order valence-corrected chi connectivity index (χ1v) is 9.88. The van der Waals surface area contributed by atoms with E-state index in [4.69, 9.17) is 4.84 Å². The smallest absolute Gasteiger partial charge is 0.0876 e. The van der Waals surface area contributed by atoms with Crippen LogP contribution < -0.4 is 5.48 Å². The molecule has 2 nitrogen and oxygen atoms in total. The third kappa shape index (κ3) is 4.82. The summed E-state index contributed by atoms with van der Waals surface area (Å²) in [6.45, 7) is 12.9. The van der Waals surface area contributed by atoms with Crippen molar-refractivity contribution in [2.45, 2.75) is 52.6 Å². The van der Waals surface area contributed by atoms with E-state index < -0.39 is 0 Å². The summed E-state index contributed by atoms with van der Waals surface area (Å²) >= 11 is 0. The molecule has 0 atom stereocenters. The number of anilines is 1. The van der Waals surface area contributed by atoms with Crippen LogP contribution in [0.4, 0.5) is 5.69 Å². The van der Waals surface area contributed by atoms with Crippen molar-refractivity contribution < 1.29 is 4.84 Å². The Labute approximate surface area is 169 Å². The topological polar surface area (TPSA) is 21.3 Å². The lowest BCUT2D eigenvalue weighted by Crippen LogP contribution is -2.25. The highest BCUT2D eigenvalue weighted by atomic mass is 16.7. The van der Waals surface area contributed by atoms with Crippen molar-refractivity contribution in [3.8, 4) is 22.3 Å². The first kappa shape index (κ1) is 20.2. The Bertz CT molecular complexity index is 916. The number of rotatable bonds is 4. The maximum Gasteiger partial charge on any atom is 0.0876 e. The van der Waals surface area contributed by atoms with E-state index in [1.165, 1.54) is 22.3 Å². The van der Waals surface area contributed by atoms with Crippen LogP contribution >= 0.6 is 0 Å². The lowest BCUT2D eigenvalue weighted by molar-refractivity contribution is 0.0373. The molecule has 0 fully saturated rings. The zero-order valence-corrected chi connectivity index (χ0v) is 17.8. The molecule has 0 aromatic heterocycles. The minimum Gasteiger partial charge on any atom is -0.270 e. The zero-order chi connectivity index (χ0) is 20.4. The van der Waals surface area contributed by atoms with Crippen LogP contribution in [0, 0.1) is 0 Å². The lowest BCUT2D eigenvalue weighted by Gasteiger charge is -2.29. The summed E-state index contributed by atoms with van der Waals surface area (Å²) in [5, 5.41) is 0. The van der Waals surface area contributed by atoms with Crippen molar-refractivity contribution in [3.63, 3.8) is 0 Å². The monoisotopic (exact) mass is 373 g/mol. The van der Waals surface area contributed by atoms with E-state index in [1.54, 1.807) is 0 Å². The van der Waals surface area contributed by atoms with Gasteiger partial charge in [0, 0.05) is 5.56 Å². The first-order chi connectivity index (χ1) is 13.1. The van der Waals surface area contributed by atoms with Crippen LogP contribution in [0.1, 0.15) is 47.1 Å². The molecule has 3 aromatic rings. The van der Waals surface area contributed by atoms with Gasteiger partial charge in [-0.3, -0.25) is 10.3 Å². The lowest BCUT2D eigenvalue weighted by atomic mass is 9.81. The van der Waals surface area contributed by atoms with Gasteiger partial charge >= 0.3 is 0 Å². The molecule has 0 unspecified atom stereocenters.